The summed E-state index contributed by atoms with van der Waals surface area (Å²) in [6, 6.07) is 5.45. The lowest BCUT2D eigenvalue weighted by molar-refractivity contribution is -0.144. The average molecular weight is 813 g/mol. The second kappa shape index (κ2) is 20.2. The molecule has 1 aliphatic heterocycles. The number of ether oxygens (including phenoxy) is 5. The van der Waals surface area contributed by atoms with Crippen LogP contribution in [-0.2, 0) is 42.6 Å². The van der Waals surface area contributed by atoms with E-state index in [9.17, 15) is 40.7 Å². The lowest BCUT2D eigenvalue weighted by Gasteiger charge is -2.40. The third-order valence-electron chi connectivity index (χ3n) is 8.78. The molecular formula is C39H46F6N4O8. The molecular weight excluding hydrogens is 766 g/mol. The molecule has 1 N–H and O–H groups in total. The minimum Gasteiger partial charge on any atom is -0.494 e. The molecule has 2 atom stereocenters. The lowest BCUT2D eigenvalue weighted by Crippen LogP contribution is -2.46. The van der Waals surface area contributed by atoms with E-state index in [4.69, 9.17) is 23.7 Å². The molecule has 2 unspecified atom stereocenters. The molecule has 312 valence electrons. The molecule has 3 aromatic rings. The fourth-order valence-electron chi connectivity index (χ4n) is 6.21. The number of nitrogens with one attached hydrogen (secondary N) is 1. The zero-order valence-corrected chi connectivity index (χ0v) is 32.1. The van der Waals surface area contributed by atoms with E-state index >= 15 is 0 Å². The monoisotopic (exact) mass is 812 g/mol. The van der Waals surface area contributed by atoms with Crippen LogP contribution < -0.4 is 19.7 Å². The molecule has 18 heteroatoms. The standard InChI is InChI=1S/C39H46F6N4O8/c1-5-27-21-30(29-22-28(56-15-9-11-34(50)53-6-2)13-14-32(29)49(27)37(52)55-8-4)47-36-46-23-33(57-16-10-12-35(51)54-7-3)31(48-36)19-24-17-25(38(40,41)42)20-26(18-24)39(43,44)45/h13-14,17-18,20,22-23,27,30H,5-12,15-16,19,21H2,1-4H3,(H,46,47,48). The highest BCUT2D eigenvalue weighted by Gasteiger charge is 2.38. The third-order valence-corrected chi connectivity index (χ3v) is 8.78. The van der Waals surface area contributed by atoms with Gasteiger partial charge in [-0.2, -0.15) is 26.3 Å². The molecule has 1 aromatic heterocycles. The van der Waals surface area contributed by atoms with Gasteiger partial charge in [0.25, 0.3) is 0 Å². The van der Waals surface area contributed by atoms with E-state index < -0.39 is 48.0 Å². The molecule has 4 rings (SSSR count). The van der Waals surface area contributed by atoms with Crippen LogP contribution in [0.15, 0.2) is 42.6 Å². The van der Waals surface area contributed by atoms with Crippen molar-refractivity contribution in [3.05, 3.63) is 70.5 Å². The summed E-state index contributed by atoms with van der Waals surface area (Å²) in [6.07, 6.45) is -8.36. The molecule has 0 radical (unpaired) electrons. The third kappa shape index (κ3) is 12.6. The maximum atomic E-state index is 13.8. The second-order valence-electron chi connectivity index (χ2n) is 12.9. The van der Waals surface area contributed by atoms with Crippen molar-refractivity contribution < 1.29 is 64.4 Å². The van der Waals surface area contributed by atoms with Crippen LogP contribution in [0.25, 0.3) is 0 Å². The molecule has 0 aliphatic carbocycles. The number of rotatable bonds is 18. The molecule has 1 aliphatic rings. The normalized spacial score (nSPS) is 15.4. The Morgan fingerprint density at radius 3 is 1.96 bits per heavy atom. The first kappa shape index (κ1) is 44.4. The van der Waals surface area contributed by atoms with Crippen LogP contribution in [0.1, 0.15) is 100 Å². The van der Waals surface area contributed by atoms with Gasteiger partial charge in [-0.15, -0.1) is 0 Å². The Morgan fingerprint density at radius 2 is 1.40 bits per heavy atom. The summed E-state index contributed by atoms with van der Waals surface area (Å²) >= 11 is 0. The SMILES string of the molecule is CCOC(=O)CCCOc1ccc2c(c1)C(Nc1ncc(OCCCC(=O)OCC)c(Cc3cc(C(F)(F)F)cc(C(F)(F)F)c3)n1)CC(CC)N2C(=O)OCC. The summed E-state index contributed by atoms with van der Waals surface area (Å²) in [5, 5.41) is 3.24. The highest BCUT2D eigenvalue weighted by atomic mass is 19.4. The maximum Gasteiger partial charge on any atom is 0.416 e. The zero-order chi connectivity index (χ0) is 41.8. The number of amides is 1. The number of aromatic nitrogens is 2. The van der Waals surface area contributed by atoms with Crippen LogP contribution in [0, 0.1) is 0 Å². The number of carbonyl (C=O) groups excluding carboxylic acids is 3. The van der Waals surface area contributed by atoms with Gasteiger partial charge in [-0.25, -0.2) is 14.8 Å². The number of esters is 2. The number of alkyl halides is 6. The molecule has 2 aromatic carbocycles. The Kier molecular flexibility index (Phi) is 15.8. The average Bonchev–Trinajstić information content (AvgIpc) is 3.15. The number of halogens is 6. The smallest absolute Gasteiger partial charge is 0.416 e. The number of carbonyl (C=O) groups is 3. The van der Waals surface area contributed by atoms with Crippen LogP contribution >= 0.6 is 0 Å². The Balaban J connectivity index is 1.71. The molecule has 0 spiro atoms. The number of nitrogens with zero attached hydrogens (tertiary/aromatic N) is 3. The van der Waals surface area contributed by atoms with Crippen molar-refractivity contribution in [1.29, 1.82) is 0 Å². The predicted molar refractivity (Wildman–Crippen MR) is 195 cm³/mol. The van der Waals surface area contributed by atoms with Gasteiger partial charge in [-0.1, -0.05) is 6.92 Å². The van der Waals surface area contributed by atoms with E-state index in [1.165, 1.54) is 6.20 Å². The fraction of sp³-hybridized carbons (Fsp3) is 0.513. The number of fused-ring (bicyclic) bond motifs is 1. The van der Waals surface area contributed by atoms with Gasteiger partial charge in [0.1, 0.15) is 5.75 Å². The van der Waals surface area contributed by atoms with E-state index in [1.807, 2.05) is 6.92 Å². The quantitative estimate of drug-likeness (QED) is 0.0571. The highest BCUT2D eigenvalue weighted by molar-refractivity contribution is 5.90. The van der Waals surface area contributed by atoms with Gasteiger partial charge in [-0.05, 0) is 88.4 Å². The molecule has 2 heterocycles. The molecule has 1 amide bonds. The Bertz CT molecular complexity index is 1810. The number of benzene rings is 2. The van der Waals surface area contributed by atoms with Crippen molar-refractivity contribution in [1.82, 2.24) is 9.97 Å². The molecule has 12 nitrogen and oxygen atoms in total. The van der Waals surface area contributed by atoms with Crippen LogP contribution in [0.3, 0.4) is 0 Å². The predicted octanol–water partition coefficient (Wildman–Crippen LogP) is 8.85. The van der Waals surface area contributed by atoms with Gasteiger partial charge < -0.3 is 29.0 Å². The van der Waals surface area contributed by atoms with Crippen LogP contribution in [0.5, 0.6) is 11.5 Å². The summed E-state index contributed by atoms with van der Waals surface area (Å²) < 4.78 is 110. The lowest BCUT2D eigenvalue weighted by atomic mass is 9.90. The number of anilines is 2. The second-order valence-corrected chi connectivity index (χ2v) is 12.9. The maximum absolute atomic E-state index is 13.8. The van der Waals surface area contributed by atoms with E-state index in [1.54, 1.807) is 43.9 Å². The first-order chi connectivity index (χ1) is 27.1. The van der Waals surface area contributed by atoms with Gasteiger partial charge >= 0.3 is 30.4 Å². The van der Waals surface area contributed by atoms with Gasteiger partial charge in [0.05, 0.1) is 67.8 Å². The minimum atomic E-state index is -5.06. The number of hydrogen-bond acceptors (Lipinski definition) is 11. The van der Waals surface area contributed by atoms with E-state index in [0.717, 1.165) is 0 Å². The van der Waals surface area contributed by atoms with Crippen molar-refractivity contribution in [3.8, 4) is 11.5 Å². The Labute approximate surface area is 326 Å². The Hall–Kier alpha value is -5.29. The summed E-state index contributed by atoms with van der Waals surface area (Å²) in [5.41, 5.74) is -2.22. The molecule has 0 bridgehead atoms. The summed E-state index contributed by atoms with van der Waals surface area (Å²) in [6.45, 7) is 7.65. The molecule has 0 saturated heterocycles. The van der Waals surface area contributed by atoms with Gasteiger partial charge in [0, 0.05) is 30.9 Å². The molecule has 0 fully saturated rings. The van der Waals surface area contributed by atoms with Crippen LogP contribution in [0.2, 0.25) is 0 Å². The largest absolute Gasteiger partial charge is 0.494 e. The van der Waals surface area contributed by atoms with Crippen molar-refractivity contribution in [2.75, 3.05) is 43.3 Å². The van der Waals surface area contributed by atoms with Crippen molar-refractivity contribution >= 4 is 29.7 Å². The Morgan fingerprint density at radius 1 is 0.807 bits per heavy atom. The van der Waals surface area contributed by atoms with Crippen molar-refractivity contribution in [2.45, 2.75) is 97.1 Å². The van der Waals surface area contributed by atoms with Gasteiger partial charge in [-0.3, -0.25) is 14.5 Å². The first-order valence-electron chi connectivity index (χ1n) is 18.6. The first-order valence-corrected chi connectivity index (χ1v) is 18.6. The zero-order valence-electron chi connectivity index (χ0n) is 32.1. The summed E-state index contributed by atoms with van der Waals surface area (Å²) in [5.74, 6) is -0.430. The fourth-order valence-corrected chi connectivity index (χ4v) is 6.21. The molecule has 0 saturated carbocycles. The van der Waals surface area contributed by atoms with Crippen LogP contribution in [-0.4, -0.2) is 67.1 Å². The molecule has 57 heavy (non-hydrogen) atoms. The summed E-state index contributed by atoms with van der Waals surface area (Å²) in [7, 11) is 0. The van der Waals surface area contributed by atoms with Crippen molar-refractivity contribution in [2.24, 2.45) is 0 Å². The van der Waals surface area contributed by atoms with E-state index in [0.29, 0.717) is 48.4 Å². The minimum absolute atomic E-state index is 0.00579. The van der Waals surface area contributed by atoms with E-state index in [2.05, 4.69) is 15.3 Å². The highest BCUT2D eigenvalue weighted by Crippen LogP contribution is 2.42. The van der Waals surface area contributed by atoms with Gasteiger partial charge in [0.2, 0.25) is 5.95 Å². The number of hydrogen-bond donors (Lipinski definition) is 1. The van der Waals surface area contributed by atoms with Gasteiger partial charge in [0.15, 0.2) is 5.75 Å². The van der Waals surface area contributed by atoms with Crippen molar-refractivity contribution in [3.63, 3.8) is 0 Å². The topological polar surface area (TPSA) is 138 Å². The summed E-state index contributed by atoms with van der Waals surface area (Å²) in [4.78, 5) is 47.3. The van der Waals surface area contributed by atoms with Crippen LogP contribution in [0.4, 0.5) is 42.8 Å². The van der Waals surface area contributed by atoms with E-state index in [-0.39, 0.29) is 93.3 Å².